The lowest BCUT2D eigenvalue weighted by Gasteiger charge is -2.08. The Morgan fingerprint density at radius 1 is 1.10 bits per heavy atom. The Morgan fingerprint density at radius 3 is 2.76 bits per heavy atom. The Balaban J connectivity index is 2.40. The number of aromatic nitrogens is 2. The maximum Gasteiger partial charge on any atom is 0.348 e. The summed E-state index contributed by atoms with van der Waals surface area (Å²) < 4.78 is 7.07. The average molecular weight is 278 g/mol. The van der Waals surface area contributed by atoms with Crippen molar-refractivity contribution < 1.29 is 4.42 Å². The molecule has 0 bridgehead atoms. The van der Waals surface area contributed by atoms with Crippen LogP contribution >= 0.6 is 0 Å². The number of hydrogen-bond donors (Lipinski definition) is 0. The lowest BCUT2D eigenvalue weighted by atomic mass is 10.1. The summed E-state index contributed by atoms with van der Waals surface area (Å²) in [5.41, 5.74) is 0.720. The van der Waals surface area contributed by atoms with Gasteiger partial charge in [0.1, 0.15) is 11.0 Å². The minimum absolute atomic E-state index is 0.331. The van der Waals surface area contributed by atoms with E-state index >= 15 is 0 Å². The summed E-state index contributed by atoms with van der Waals surface area (Å²) in [5.74, 6) is 0. The van der Waals surface area contributed by atoms with Crippen LogP contribution in [0.2, 0.25) is 0 Å². The van der Waals surface area contributed by atoms with Gasteiger partial charge in [-0.05, 0) is 19.1 Å². The molecule has 0 amide bonds. The van der Waals surface area contributed by atoms with E-state index in [4.69, 9.17) is 4.42 Å². The molecule has 0 aliphatic heterocycles. The van der Waals surface area contributed by atoms with E-state index in [1.807, 2.05) is 30.5 Å². The molecule has 0 fully saturated rings. The average Bonchev–Trinajstić information content (AvgIpc) is 2.46. The highest BCUT2D eigenvalue weighted by Gasteiger charge is 2.12. The first-order valence-electron chi connectivity index (χ1n) is 6.50. The fraction of sp³-hybridized carbons (Fsp3) is 0.0625. The molecule has 0 saturated carbocycles. The van der Waals surface area contributed by atoms with Crippen LogP contribution in [-0.2, 0) is 0 Å². The number of pyridine rings is 1. The highest BCUT2D eigenvalue weighted by molar-refractivity contribution is 6.08. The molecule has 3 heterocycles. The van der Waals surface area contributed by atoms with Gasteiger partial charge < -0.3 is 8.82 Å². The number of benzene rings is 1. The second-order valence-corrected chi connectivity index (χ2v) is 4.92. The van der Waals surface area contributed by atoms with Gasteiger partial charge in [0.2, 0.25) is 0 Å². The van der Waals surface area contributed by atoms with Crippen molar-refractivity contribution in [3.05, 3.63) is 69.1 Å². The molecule has 0 aliphatic rings. The first-order valence-corrected chi connectivity index (χ1v) is 6.50. The minimum Gasteiger partial charge on any atom is -0.422 e. The van der Waals surface area contributed by atoms with Gasteiger partial charge in [-0.3, -0.25) is 4.79 Å². The summed E-state index contributed by atoms with van der Waals surface area (Å²) in [6.45, 7) is 1.80. The molecule has 4 aromatic rings. The number of fused-ring (bicyclic) bond motifs is 5. The highest BCUT2D eigenvalue weighted by Crippen LogP contribution is 2.24. The predicted molar refractivity (Wildman–Crippen MR) is 79.7 cm³/mol. The topological polar surface area (TPSA) is 64.6 Å². The van der Waals surface area contributed by atoms with Crippen LogP contribution in [0.15, 0.2) is 56.6 Å². The van der Waals surface area contributed by atoms with Gasteiger partial charge in [-0.15, -0.1) is 0 Å². The Kier molecular flexibility index (Phi) is 2.27. The van der Waals surface area contributed by atoms with Crippen LogP contribution in [0.25, 0.3) is 27.4 Å². The Bertz CT molecular complexity index is 1140. The summed E-state index contributed by atoms with van der Waals surface area (Å²) in [6.07, 6.45) is 1.81. The van der Waals surface area contributed by atoms with Crippen molar-refractivity contribution in [3.63, 3.8) is 0 Å². The molecule has 0 N–H and O–H groups in total. The molecule has 1 aromatic carbocycles. The van der Waals surface area contributed by atoms with Crippen molar-refractivity contribution in [2.24, 2.45) is 0 Å². The third kappa shape index (κ3) is 1.61. The van der Waals surface area contributed by atoms with Crippen LogP contribution in [0.1, 0.15) is 5.69 Å². The second kappa shape index (κ2) is 4.02. The van der Waals surface area contributed by atoms with Gasteiger partial charge in [0, 0.05) is 28.7 Å². The smallest absolute Gasteiger partial charge is 0.348 e. The first kappa shape index (κ1) is 11.8. The third-order valence-corrected chi connectivity index (χ3v) is 3.62. The Hall–Kier alpha value is -2.95. The number of hydrogen-bond acceptors (Lipinski definition) is 4. The van der Waals surface area contributed by atoms with E-state index in [2.05, 4.69) is 4.98 Å². The molecule has 5 nitrogen and oxygen atoms in total. The van der Waals surface area contributed by atoms with Gasteiger partial charge in [-0.25, -0.2) is 4.79 Å². The minimum atomic E-state index is -0.487. The fourth-order valence-corrected chi connectivity index (χ4v) is 2.68. The largest absolute Gasteiger partial charge is 0.422 e. The van der Waals surface area contributed by atoms with Crippen LogP contribution in [0.5, 0.6) is 0 Å². The maximum absolute atomic E-state index is 12.3. The Morgan fingerprint density at radius 2 is 1.90 bits per heavy atom. The molecular weight excluding hydrogens is 268 g/mol. The molecule has 4 rings (SSSR count). The summed E-state index contributed by atoms with van der Waals surface area (Å²) in [4.78, 5) is 28.0. The number of rotatable bonds is 0. The summed E-state index contributed by atoms with van der Waals surface area (Å²) in [5, 5.41) is 1.89. The van der Waals surface area contributed by atoms with E-state index < -0.39 is 5.63 Å². The molecule has 3 aromatic heterocycles. The van der Waals surface area contributed by atoms with E-state index in [-0.39, 0.29) is 5.56 Å². The molecule has 21 heavy (non-hydrogen) atoms. The molecule has 0 radical (unpaired) electrons. The van der Waals surface area contributed by atoms with E-state index in [9.17, 15) is 9.59 Å². The van der Waals surface area contributed by atoms with Gasteiger partial charge in [0.25, 0.3) is 5.56 Å². The molecule has 102 valence electrons. The zero-order valence-corrected chi connectivity index (χ0v) is 11.2. The fourth-order valence-electron chi connectivity index (χ4n) is 2.68. The van der Waals surface area contributed by atoms with E-state index in [0.29, 0.717) is 16.6 Å². The predicted octanol–water partition coefficient (Wildman–Crippen LogP) is 2.26. The van der Waals surface area contributed by atoms with E-state index in [1.165, 1.54) is 6.07 Å². The normalized spacial score (nSPS) is 11.5. The van der Waals surface area contributed by atoms with Crippen molar-refractivity contribution in [2.75, 3.05) is 0 Å². The van der Waals surface area contributed by atoms with Crippen molar-refractivity contribution in [3.8, 4) is 0 Å². The standard InChI is InChI=1S/C16H10N2O3/c1-9-8-13(19)17-15-14-11(6-7-18(9)15)10-4-2-3-5-12(10)21-16(14)20/h2-8H,1H3. The maximum atomic E-state index is 12.3. The quantitative estimate of drug-likeness (QED) is 0.365. The third-order valence-electron chi connectivity index (χ3n) is 3.62. The Labute approximate surface area is 118 Å². The number of para-hydroxylation sites is 1. The molecule has 0 spiro atoms. The van der Waals surface area contributed by atoms with Crippen LogP contribution in [-0.4, -0.2) is 9.38 Å². The molecule has 0 atom stereocenters. The van der Waals surface area contributed by atoms with Crippen molar-refractivity contribution in [2.45, 2.75) is 6.92 Å². The van der Waals surface area contributed by atoms with E-state index in [0.717, 1.165) is 16.5 Å². The van der Waals surface area contributed by atoms with Crippen molar-refractivity contribution in [1.82, 2.24) is 9.38 Å². The molecule has 0 aliphatic carbocycles. The molecular formula is C16H10N2O3. The summed E-state index contributed by atoms with van der Waals surface area (Å²) in [6, 6.07) is 10.6. The summed E-state index contributed by atoms with van der Waals surface area (Å²) >= 11 is 0. The zero-order chi connectivity index (χ0) is 14.6. The van der Waals surface area contributed by atoms with Gasteiger partial charge in [0.15, 0.2) is 5.65 Å². The second-order valence-electron chi connectivity index (χ2n) is 4.92. The van der Waals surface area contributed by atoms with Gasteiger partial charge >= 0.3 is 5.63 Å². The lowest BCUT2D eigenvalue weighted by Crippen LogP contribution is -2.13. The van der Waals surface area contributed by atoms with Gasteiger partial charge in [-0.2, -0.15) is 4.98 Å². The first-order chi connectivity index (χ1) is 10.1. The van der Waals surface area contributed by atoms with Crippen LogP contribution in [0.3, 0.4) is 0 Å². The van der Waals surface area contributed by atoms with Gasteiger partial charge in [-0.1, -0.05) is 18.2 Å². The van der Waals surface area contributed by atoms with Crippen molar-refractivity contribution >= 4 is 27.4 Å². The van der Waals surface area contributed by atoms with Crippen LogP contribution in [0.4, 0.5) is 0 Å². The summed E-state index contributed by atoms with van der Waals surface area (Å²) in [7, 11) is 0. The van der Waals surface area contributed by atoms with Crippen LogP contribution < -0.4 is 11.2 Å². The van der Waals surface area contributed by atoms with Gasteiger partial charge in [0.05, 0.1) is 0 Å². The molecule has 5 heteroatoms. The zero-order valence-electron chi connectivity index (χ0n) is 11.2. The van der Waals surface area contributed by atoms with E-state index in [1.54, 1.807) is 17.4 Å². The molecule has 0 saturated heterocycles. The lowest BCUT2D eigenvalue weighted by molar-refractivity contribution is 0.569. The highest BCUT2D eigenvalue weighted by atomic mass is 16.4. The number of aryl methyl sites for hydroxylation is 1. The van der Waals surface area contributed by atoms with Crippen LogP contribution in [0, 0.1) is 6.92 Å². The SMILES string of the molecule is Cc1cc(=O)nc2c3c(=O)oc4ccccc4c3ccn12. The molecule has 0 unspecified atom stereocenters. The van der Waals surface area contributed by atoms with Crippen molar-refractivity contribution in [1.29, 1.82) is 0 Å². The monoisotopic (exact) mass is 278 g/mol. The number of nitrogens with zero attached hydrogens (tertiary/aromatic N) is 2.